The van der Waals surface area contributed by atoms with E-state index < -0.39 is 0 Å². The van der Waals surface area contributed by atoms with E-state index in [1.165, 1.54) is 39.1 Å². The zero-order valence-corrected chi connectivity index (χ0v) is 21.8. The maximum absolute atomic E-state index is 5.36. The number of likely N-dealkylation sites (N-methyl/N-ethyl adjacent to an activating group) is 1. The largest absolute Gasteiger partial charge is 0.375 e. The smallest absolute Gasteiger partial charge is 0.194 e. The molecule has 0 aliphatic carbocycles. The van der Waals surface area contributed by atoms with Crippen molar-refractivity contribution in [2.24, 2.45) is 4.99 Å². The maximum Gasteiger partial charge on any atom is 0.194 e. The van der Waals surface area contributed by atoms with Crippen LogP contribution in [-0.2, 0) is 11.3 Å². The van der Waals surface area contributed by atoms with E-state index in [4.69, 9.17) is 14.7 Å². The number of piperazine rings is 1. The van der Waals surface area contributed by atoms with Crippen molar-refractivity contribution in [2.45, 2.75) is 39.3 Å². The Morgan fingerprint density at radius 1 is 1.34 bits per heavy atom. The van der Waals surface area contributed by atoms with Crippen LogP contribution in [0.4, 0.5) is 0 Å². The summed E-state index contributed by atoms with van der Waals surface area (Å²) in [6.45, 7) is 12.6. The monoisotopic (exact) mass is 538 g/mol. The van der Waals surface area contributed by atoms with Gasteiger partial charge in [0, 0.05) is 58.8 Å². The van der Waals surface area contributed by atoms with Crippen molar-refractivity contribution in [2.75, 3.05) is 67.0 Å². The average molecular weight is 539 g/mol. The fourth-order valence-electron chi connectivity index (χ4n) is 3.17. The van der Waals surface area contributed by atoms with E-state index in [0.717, 1.165) is 42.7 Å². The Labute approximate surface area is 197 Å². The van der Waals surface area contributed by atoms with Crippen LogP contribution in [0.25, 0.3) is 0 Å². The summed E-state index contributed by atoms with van der Waals surface area (Å²) < 4.78 is 5.36. The Kier molecular flexibility index (Phi) is 13.3. The summed E-state index contributed by atoms with van der Waals surface area (Å²) >= 11 is 1.66. The second-order valence-corrected chi connectivity index (χ2v) is 8.39. The lowest BCUT2D eigenvalue weighted by molar-refractivity contribution is 0.119. The first-order valence-corrected chi connectivity index (χ1v) is 11.3. The molecule has 0 aromatic carbocycles. The lowest BCUT2D eigenvalue weighted by Gasteiger charge is -2.32. The van der Waals surface area contributed by atoms with Gasteiger partial charge < -0.3 is 24.8 Å². The zero-order valence-electron chi connectivity index (χ0n) is 18.7. The van der Waals surface area contributed by atoms with Crippen LogP contribution < -0.4 is 5.32 Å². The molecule has 1 unspecified atom stereocenters. The Morgan fingerprint density at radius 3 is 2.72 bits per heavy atom. The molecule has 29 heavy (non-hydrogen) atoms. The third kappa shape index (κ3) is 9.46. The lowest BCUT2D eigenvalue weighted by Crippen LogP contribution is -2.44. The molecule has 1 aromatic rings. The molecule has 2 rings (SSSR count). The van der Waals surface area contributed by atoms with Gasteiger partial charge in [0.1, 0.15) is 11.1 Å². The van der Waals surface area contributed by atoms with Gasteiger partial charge in [-0.25, -0.2) is 4.98 Å². The van der Waals surface area contributed by atoms with Crippen LogP contribution in [0.2, 0.25) is 0 Å². The summed E-state index contributed by atoms with van der Waals surface area (Å²) in [5, 5.41) is 6.54. The second-order valence-electron chi connectivity index (χ2n) is 7.50. The first-order valence-electron chi connectivity index (χ1n) is 10.4. The SMILES string of the molecule is CCNC(=NCCCCN1CCN(C)CC1)N(C)Cc1csc(C(C)OC)n1.I. The fourth-order valence-corrected chi connectivity index (χ4v) is 4.02. The molecule has 9 heteroatoms. The molecule has 168 valence electrons. The number of nitrogens with zero attached hydrogens (tertiary/aromatic N) is 5. The minimum Gasteiger partial charge on any atom is -0.375 e. The third-order valence-electron chi connectivity index (χ3n) is 5.11. The number of nitrogens with one attached hydrogen (secondary N) is 1. The number of hydrogen-bond acceptors (Lipinski definition) is 6. The number of unbranched alkanes of at least 4 members (excludes halogenated alkanes) is 1. The van der Waals surface area contributed by atoms with E-state index in [-0.39, 0.29) is 30.1 Å². The van der Waals surface area contributed by atoms with Crippen LogP contribution in [0.1, 0.15) is 43.5 Å². The van der Waals surface area contributed by atoms with Gasteiger partial charge in [-0.2, -0.15) is 0 Å². The van der Waals surface area contributed by atoms with E-state index in [2.05, 4.69) is 46.4 Å². The van der Waals surface area contributed by atoms with Gasteiger partial charge in [-0.05, 0) is 40.3 Å². The number of ether oxygens (including phenoxy) is 1. The Balaban J connectivity index is 0.00000420. The molecule has 0 radical (unpaired) electrons. The van der Waals surface area contributed by atoms with E-state index in [1.54, 1.807) is 18.4 Å². The predicted molar refractivity (Wildman–Crippen MR) is 134 cm³/mol. The molecule has 7 nitrogen and oxygen atoms in total. The molecule has 1 aromatic heterocycles. The topological polar surface area (TPSA) is 56.2 Å². The molecule has 1 atom stereocenters. The third-order valence-corrected chi connectivity index (χ3v) is 6.16. The van der Waals surface area contributed by atoms with E-state index in [9.17, 15) is 0 Å². The molecule has 1 saturated heterocycles. The molecule has 1 fully saturated rings. The highest BCUT2D eigenvalue weighted by molar-refractivity contribution is 14.0. The highest BCUT2D eigenvalue weighted by atomic mass is 127. The molecular weight excluding hydrogens is 499 g/mol. The summed E-state index contributed by atoms with van der Waals surface area (Å²) in [6.07, 6.45) is 2.38. The lowest BCUT2D eigenvalue weighted by atomic mass is 10.2. The molecular formula is C20H39IN6OS. The summed E-state index contributed by atoms with van der Waals surface area (Å²) in [5.41, 5.74) is 1.06. The Morgan fingerprint density at radius 2 is 2.07 bits per heavy atom. The van der Waals surface area contributed by atoms with Crippen molar-refractivity contribution in [1.82, 2.24) is 25.0 Å². The number of aliphatic imine (C=N–C) groups is 1. The first-order chi connectivity index (χ1) is 13.5. The predicted octanol–water partition coefficient (Wildman–Crippen LogP) is 2.89. The zero-order chi connectivity index (χ0) is 20.4. The molecule has 0 bridgehead atoms. The van der Waals surface area contributed by atoms with E-state index in [0.29, 0.717) is 0 Å². The molecule has 1 aliphatic rings. The number of hydrogen-bond donors (Lipinski definition) is 1. The number of guanidine groups is 1. The number of methoxy groups -OCH3 is 1. The van der Waals surface area contributed by atoms with Crippen LogP contribution >= 0.6 is 35.3 Å². The van der Waals surface area contributed by atoms with Crippen LogP contribution in [-0.4, -0.2) is 92.7 Å². The Bertz CT molecular complexity index is 591. The van der Waals surface area contributed by atoms with Gasteiger partial charge in [-0.1, -0.05) is 0 Å². The van der Waals surface area contributed by atoms with E-state index >= 15 is 0 Å². The summed E-state index contributed by atoms with van der Waals surface area (Å²) in [7, 11) is 6.00. The van der Waals surface area contributed by atoms with Gasteiger partial charge in [-0.3, -0.25) is 4.99 Å². The molecule has 2 heterocycles. The molecule has 1 N–H and O–H groups in total. The summed E-state index contributed by atoms with van der Waals surface area (Å²) in [5.74, 6) is 0.955. The van der Waals surface area contributed by atoms with Gasteiger partial charge >= 0.3 is 0 Å². The van der Waals surface area contributed by atoms with Crippen LogP contribution in [0, 0.1) is 0 Å². The number of thiazole rings is 1. The molecule has 1 aliphatic heterocycles. The van der Waals surface area contributed by atoms with Gasteiger partial charge in [-0.15, -0.1) is 35.3 Å². The number of aromatic nitrogens is 1. The van der Waals surface area contributed by atoms with Gasteiger partial charge in [0.15, 0.2) is 5.96 Å². The normalized spacial score (nSPS) is 17.1. The van der Waals surface area contributed by atoms with E-state index in [1.807, 2.05) is 6.92 Å². The molecule has 0 saturated carbocycles. The number of rotatable bonds is 10. The second kappa shape index (κ2) is 14.5. The molecule has 0 spiro atoms. The number of halogens is 1. The van der Waals surface area contributed by atoms with Crippen LogP contribution in [0.15, 0.2) is 10.4 Å². The van der Waals surface area contributed by atoms with Crippen molar-refractivity contribution in [1.29, 1.82) is 0 Å². The standard InChI is InChI=1S/C20H38N6OS.HI/c1-6-21-20(22-9-7-8-10-26-13-11-24(3)12-14-26)25(4)15-18-16-28-19(23-18)17(2)27-5;/h16-17H,6-15H2,1-5H3,(H,21,22);1H. The minimum atomic E-state index is 0. The minimum absolute atomic E-state index is 0. The van der Waals surface area contributed by atoms with Crippen molar-refractivity contribution >= 4 is 41.3 Å². The maximum atomic E-state index is 5.36. The van der Waals surface area contributed by atoms with Crippen LogP contribution in [0.5, 0.6) is 0 Å². The van der Waals surface area contributed by atoms with Gasteiger partial charge in [0.05, 0.1) is 12.2 Å². The van der Waals surface area contributed by atoms with Crippen LogP contribution in [0.3, 0.4) is 0 Å². The summed E-state index contributed by atoms with van der Waals surface area (Å²) in [6, 6.07) is 0. The summed E-state index contributed by atoms with van der Waals surface area (Å²) in [4.78, 5) is 16.6. The van der Waals surface area contributed by atoms with Crippen molar-refractivity contribution < 1.29 is 4.74 Å². The van der Waals surface area contributed by atoms with Gasteiger partial charge in [0.2, 0.25) is 0 Å². The highest BCUT2D eigenvalue weighted by Crippen LogP contribution is 2.20. The first kappa shape index (κ1) is 26.5. The quantitative estimate of drug-likeness (QED) is 0.214. The van der Waals surface area contributed by atoms with Gasteiger partial charge in [0.25, 0.3) is 0 Å². The van der Waals surface area contributed by atoms with Crippen molar-refractivity contribution in [3.8, 4) is 0 Å². The highest BCUT2D eigenvalue weighted by Gasteiger charge is 2.14. The fraction of sp³-hybridized carbons (Fsp3) is 0.800. The molecule has 0 amide bonds. The average Bonchev–Trinajstić information content (AvgIpc) is 3.16. The van der Waals surface area contributed by atoms with Crippen molar-refractivity contribution in [3.63, 3.8) is 0 Å². The van der Waals surface area contributed by atoms with Crippen molar-refractivity contribution in [3.05, 3.63) is 16.1 Å². The Hall–Kier alpha value is -0.490.